The van der Waals surface area contributed by atoms with Crippen molar-refractivity contribution < 1.29 is 24.0 Å². The smallest absolute Gasteiger partial charge is 0.343 e. The van der Waals surface area contributed by atoms with Crippen LogP contribution in [0.1, 0.15) is 37.4 Å². The maximum absolute atomic E-state index is 12.5. The summed E-state index contributed by atoms with van der Waals surface area (Å²) in [6, 6.07) is 15.3. The summed E-state index contributed by atoms with van der Waals surface area (Å²) in [7, 11) is 0. The third-order valence-electron chi connectivity index (χ3n) is 4.84. The lowest BCUT2D eigenvalue weighted by Crippen LogP contribution is -2.18. The summed E-state index contributed by atoms with van der Waals surface area (Å²) in [6.07, 6.45) is 1.36. The molecular formula is C23H16BrN3O6. The molecule has 3 aromatic rings. The second kappa shape index (κ2) is 9.72. The van der Waals surface area contributed by atoms with Crippen LogP contribution in [0.25, 0.3) is 0 Å². The molecule has 0 radical (unpaired) electrons. The number of non-ortho nitro benzene ring substituents is 1. The number of fused-ring (bicyclic) bond motifs is 1. The number of esters is 1. The molecule has 0 saturated carbocycles. The molecule has 1 aliphatic rings. The van der Waals surface area contributed by atoms with Crippen LogP contribution in [0.4, 0.5) is 5.69 Å². The van der Waals surface area contributed by atoms with E-state index in [0.29, 0.717) is 28.8 Å². The quantitative estimate of drug-likeness (QED) is 0.173. The number of nitro groups is 1. The maximum Gasteiger partial charge on any atom is 0.343 e. The first-order valence-electron chi connectivity index (χ1n) is 9.70. The molecule has 3 aromatic carbocycles. The number of benzene rings is 3. The van der Waals surface area contributed by atoms with Gasteiger partial charge in [0.1, 0.15) is 5.75 Å². The van der Waals surface area contributed by atoms with E-state index in [1.54, 1.807) is 30.3 Å². The molecule has 33 heavy (non-hydrogen) atoms. The lowest BCUT2D eigenvalue weighted by atomic mass is 10.1. The highest BCUT2D eigenvalue weighted by atomic mass is 79.9. The van der Waals surface area contributed by atoms with E-state index in [9.17, 15) is 19.7 Å². The van der Waals surface area contributed by atoms with Crippen molar-refractivity contribution in [3.8, 4) is 5.75 Å². The Labute approximate surface area is 196 Å². The molecule has 9 nitrogen and oxygen atoms in total. The molecule has 0 fully saturated rings. The van der Waals surface area contributed by atoms with Crippen molar-refractivity contribution >= 4 is 39.7 Å². The summed E-state index contributed by atoms with van der Waals surface area (Å²) in [5.74, 6) is -0.874. The molecule has 0 bridgehead atoms. The summed E-state index contributed by atoms with van der Waals surface area (Å²) in [6.45, 7) is 1.01. The number of hydrazone groups is 1. The zero-order chi connectivity index (χ0) is 23.4. The van der Waals surface area contributed by atoms with Crippen LogP contribution >= 0.6 is 15.9 Å². The van der Waals surface area contributed by atoms with Crippen LogP contribution < -0.4 is 10.2 Å². The number of rotatable bonds is 6. The summed E-state index contributed by atoms with van der Waals surface area (Å²) in [5, 5.41) is 14.8. The average molecular weight is 510 g/mol. The van der Waals surface area contributed by atoms with Gasteiger partial charge in [-0.05, 0) is 53.6 Å². The van der Waals surface area contributed by atoms with Gasteiger partial charge < -0.3 is 9.47 Å². The molecular weight excluding hydrogens is 494 g/mol. The van der Waals surface area contributed by atoms with Crippen molar-refractivity contribution in [2.24, 2.45) is 5.10 Å². The van der Waals surface area contributed by atoms with E-state index >= 15 is 0 Å². The van der Waals surface area contributed by atoms with Gasteiger partial charge in [0.2, 0.25) is 0 Å². The Morgan fingerprint density at radius 2 is 1.76 bits per heavy atom. The van der Waals surface area contributed by atoms with Gasteiger partial charge >= 0.3 is 5.97 Å². The van der Waals surface area contributed by atoms with E-state index in [0.717, 1.165) is 11.1 Å². The predicted octanol–water partition coefficient (Wildman–Crippen LogP) is 4.37. The van der Waals surface area contributed by atoms with Crippen LogP contribution in [0.2, 0.25) is 0 Å². The Kier molecular flexibility index (Phi) is 6.57. The van der Waals surface area contributed by atoms with Gasteiger partial charge in [-0.3, -0.25) is 14.9 Å². The zero-order valence-corrected chi connectivity index (χ0v) is 18.6. The number of nitro benzene ring substituents is 1. The number of ether oxygens (including phenoxy) is 2. The van der Waals surface area contributed by atoms with Gasteiger partial charge in [-0.15, -0.1) is 0 Å². The van der Waals surface area contributed by atoms with Crippen LogP contribution in [0.5, 0.6) is 5.75 Å². The first-order chi connectivity index (χ1) is 15.9. The lowest BCUT2D eigenvalue weighted by molar-refractivity contribution is -0.384. The van der Waals surface area contributed by atoms with Gasteiger partial charge in [0, 0.05) is 27.7 Å². The first-order valence-corrected chi connectivity index (χ1v) is 10.5. The molecule has 166 valence electrons. The van der Waals surface area contributed by atoms with E-state index in [1.807, 2.05) is 6.07 Å². The van der Waals surface area contributed by atoms with Gasteiger partial charge in [-0.1, -0.05) is 22.0 Å². The summed E-state index contributed by atoms with van der Waals surface area (Å²) in [5.41, 5.74) is 5.40. The van der Waals surface area contributed by atoms with Gasteiger partial charge in [0.15, 0.2) is 0 Å². The first kappa shape index (κ1) is 22.3. The SMILES string of the molecule is O=C(NN=Cc1cc(Br)ccc1OC(=O)c1ccc([N+](=O)[O-])cc1)c1ccc2c(c1)COC2. The van der Waals surface area contributed by atoms with Gasteiger partial charge in [-0.25, -0.2) is 10.2 Å². The Bertz CT molecular complexity index is 1270. The number of amides is 1. The van der Waals surface area contributed by atoms with Crippen LogP contribution in [-0.2, 0) is 18.0 Å². The maximum atomic E-state index is 12.5. The van der Waals surface area contributed by atoms with Crippen molar-refractivity contribution in [2.45, 2.75) is 13.2 Å². The van der Waals surface area contributed by atoms with E-state index in [2.05, 4.69) is 26.5 Å². The van der Waals surface area contributed by atoms with E-state index in [-0.39, 0.29) is 22.9 Å². The second-order valence-electron chi connectivity index (χ2n) is 7.05. The fourth-order valence-corrected chi connectivity index (χ4v) is 3.51. The van der Waals surface area contributed by atoms with Crippen molar-refractivity contribution in [1.29, 1.82) is 0 Å². The van der Waals surface area contributed by atoms with Gasteiger partial charge in [-0.2, -0.15) is 5.10 Å². The predicted molar refractivity (Wildman–Crippen MR) is 122 cm³/mol. The highest BCUT2D eigenvalue weighted by Crippen LogP contribution is 2.24. The topological polar surface area (TPSA) is 120 Å². The summed E-state index contributed by atoms with van der Waals surface area (Å²) in [4.78, 5) is 35.1. The van der Waals surface area contributed by atoms with E-state index in [4.69, 9.17) is 9.47 Å². The van der Waals surface area contributed by atoms with Crippen molar-refractivity contribution in [3.05, 3.63) is 103 Å². The Morgan fingerprint density at radius 3 is 2.52 bits per heavy atom. The number of carbonyl (C=O) groups is 2. The Balaban J connectivity index is 1.46. The molecule has 0 aliphatic carbocycles. The van der Waals surface area contributed by atoms with Crippen molar-refractivity contribution in [3.63, 3.8) is 0 Å². The number of carbonyl (C=O) groups excluding carboxylic acids is 2. The molecule has 1 N–H and O–H groups in total. The molecule has 0 spiro atoms. The number of nitrogens with zero attached hydrogens (tertiary/aromatic N) is 2. The summed E-state index contributed by atoms with van der Waals surface area (Å²) < 4.78 is 11.5. The van der Waals surface area contributed by atoms with Crippen molar-refractivity contribution in [1.82, 2.24) is 5.43 Å². The second-order valence-corrected chi connectivity index (χ2v) is 7.97. The molecule has 0 aromatic heterocycles. The van der Waals surface area contributed by atoms with E-state index < -0.39 is 10.9 Å². The zero-order valence-electron chi connectivity index (χ0n) is 17.0. The monoisotopic (exact) mass is 509 g/mol. The molecule has 1 amide bonds. The van der Waals surface area contributed by atoms with Gasteiger partial charge in [0.05, 0.1) is 29.9 Å². The molecule has 0 atom stereocenters. The van der Waals surface area contributed by atoms with E-state index in [1.165, 1.54) is 30.5 Å². The van der Waals surface area contributed by atoms with Gasteiger partial charge in [0.25, 0.3) is 11.6 Å². The molecule has 0 saturated heterocycles. The van der Waals surface area contributed by atoms with Crippen LogP contribution in [0, 0.1) is 10.1 Å². The Morgan fingerprint density at radius 1 is 1.03 bits per heavy atom. The van der Waals surface area contributed by atoms with Crippen LogP contribution in [0.15, 0.2) is 70.2 Å². The standard InChI is InChI=1S/C23H16BrN3O6/c24-19-5-8-21(33-23(29)14-3-6-20(7-4-14)27(30)31)17(10-19)11-25-26-22(28)15-1-2-16-12-32-13-18(16)9-15/h1-11H,12-13H2,(H,26,28). The molecule has 1 heterocycles. The fourth-order valence-electron chi connectivity index (χ4n) is 3.13. The number of hydrogen-bond acceptors (Lipinski definition) is 7. The minimum Gasteiger partial charge on any atom is -0.422 e. The molecule has 1 aliphatic heterocycles. The van der Waals surface area contributed by atoms with Crippen molar-refractivity contribution in [2.75, 3.05) is 0 Å². The highest BCUT2D eigenvalue weighted by Gasteiger charge is 2.15. The fraction of sp³-hybridized carbons (Fsp3) is 0.0870. The summed E-state index contributed by atoms with van der Waals surface area (Å²) >= 11 is 3.35. The Hall–Kier alpha value is -3.89. The van der Waals surface area contributed by atoms with Crippen LogP contribution in [0.3, 0.4) is 0 Å². The molecule has 4 rings (SSSR count). The third kappa shape index (κ3) is 5.30. The normalized spacial score (nSPS) is 12.4. The minimum absolute atomic E-state index is 0.130. The largest absolute Gasteiger partial charge is 0.422 e. The number of nitrogens with one attached hydrogen (secondary N) is 1. The van der Waals surface area contributed by atoms with Crippen LogP contribution in [-0.4, -0.2) is 23.0 Å². The number of hydrogen-bond donors (Lipinski definition) is 1. The third-order valence-corrected chi connectivity index (χ3v) is 5.33. The average Bonchev–Trinajstić information content (AvgIpc) is 3.28. The minimum atomic E-state index is -0.689. The highest BCUT2D eigenvalue weighted by molar-refractivity contribution is 9.10. The number of halogens is 1. The molecule has 10 heteroatoms. The molecule has 0 unspecified atom stereocenters. The lowest BCUT2D eigenvalue weighted by Gasteiger charge is -2.08.